The molecule has 7 heteroatoms. The van der Waals surface area contributed by atoms with E-state index >= 15 is 0 Å². The van der Waals surface area contributed by atoms with Gasteiger partial charge in [0.2, 0.25) is 0 Å². The van der Waals surface area contributed by atoms with E-state index in [1.165, 1.54) is 12.1 Å². The lowest BCUT2D eigenvalue weighted by atomic mass is 10.2. The molecule has 0 fully saturated rings. The van der Waals surface area contributed by atoms with E-state index in [1.54, 1.807) is 43.6 Å². The maximum atomic E-state index is 13.7. The molecule has 0 aliphatic rings. The first kappa shape index (κ1) is 17.6. The predicted molar refractivity (Wildman–Crippen MR) is 95.8 cm³/mol. The molecule has 3 aromatic rings. The lowest BCUT2D eigenvalue weighted by Crippen LogP contribution is -2.32. The van der Waals surface area contributed by atoms with Crippen LogP contribution in [0, 0.1) is 12.7 Å². The molecule has 1 N–H and O–H groups in total. The molecule has 0 bridgehead atoms. The molecule has 0 spiro atoms. The van der Waals surface area contributed by atoms with Crippen molar-refractivity contribution in [1.82, 2.24) is 14.5 Å². The highest BCUT2D eigenvalue weighted by atomic mass is 19.1. The SMILES string of the molecule is CC[C@H](Oc1ccccc1F)C(=O)Nc1ccc(-n2ccnc2C)nc1. The largest absolute Gasteiger partial charge is 0.478 e. The van der Waals surface area contributed by atoms with Crippen LogP contribution in [-0.4, -0.2) is 26.5 Å². The van der Waals surface area contributed by atoms with Gasteiger partial charge in [-0.25, -0.2) is 14.4 Å². The highest BCUT2D eigenvalue weighted by Crippen LogP contribution is 2.19. The van der Waals surface area contributed by atoms with Crippen LogP contribution in [0.4, 0.5) is 10.1 Å². The molecule has 0 saturated carbocycles. The minimum absolute atomic E-state index is 0.0542. The van der Waals surface area contributed by atoms with Crippen molar-refractivity contribution < 1.29 is 13.9 Å². The fraction of sp³-hybridized carbons (Fsp3) is 0.211. The number of carbonyl (C=O) groups is 1. The number of aryl methyl sites for hydroxylation is 1. The van der Waals surface area contributed by atoms with Crippen LogP contribution in [0.15, 0.2) is 55.0 Å². The standard InChI is InChI=1S/C19H19FN4O2/c1-3-16(26-17-7-5-4-6-15(17)20)19(25)23-14-8-9-18(22-12-14)24-11-10-21-13(24)2/h4-12,16H,3H2,1-2H3,(H,23,25)/t16-/m0/s1. The first-order valence-electron chi connectivity index (χ1n) is 8.27. The van der Waals surface area contributed by atoms with Crippen LogP contribution in [0.1, 0.15) is 19.2 Å². The van der Waals surface area contributed by atoms with E-state index in [1.807, 2.05) is 17.7 Å². The second-order valence-corrected chi connectivity index (χ2v) is 5.68. The lowest BCUT2D eigenvalue weighted by Gasteiger charge is -2.17. The summed E-state index contributed by atoms with van der Waals surface area (Å²) in [4.78, 5) is 20.9. The highest BCUT2D eigenvalue weighted by Gasteiger charge is 2.20. The number of anilines is 1. The van der Waals surface area contributed by atoms with Crippen LogP contribution in [0.3, 0.4) is 0 Å². The Bertz CT molecular complexity index is 893. The van der Waals surface area contributed by atoms with Crippen LogP contribution in [0.2, 0.25) is 0 Å². The number of rotatable bonds is 6. The predicted octanol–water partition coefficient (Wildman–Crippen LogP) is 3.51. The van der Waals surface area contributed by atoms with Gasteiger partial charge in [-0.05, 0) is 37.6 Å². The number of para-hydroxylation sites is 1. The summed E-state index contributed by atoms with van der Waals surface area (Å²) in [5, 5.41) is 2.75. The second-order valence-electron chi connectivity index (χ2n) is 5.68. The topological polar surface area (TPSA) is 69.0 Å². The zero-order valence-corrected chi connectivity index (χ0v) is 14.5. The van der Waals surface area contributed by atoms with E-state index in [0.29, 0.717) is 17.9 Å². The number of amides is 1. The number of aromatic nitrogens is 3. The summed E-state index contributed by atoms with van der Waals surface area (Å²) in [5.41, 5.74) is 0.534. The third kappa shape index (κ3) is 3.88. The number of hydrogen-bond acceptors (Lipinski definition) is 4. The molecule has 0 saturated heterocycles. The molecule has 2 aromatic heterocycles. The molecule has 1 atom stereocenters. The molecule has 0 radical (unpaired) electrons. The summed E-state index contributed by atoms with van der Waals surface area (Å²) in [7, 11) is 0. The fourth-order valence-corrected chi connectivity index (χ4v) is 2.46. The van der Waals surface area contributed by atoms with Gasteiger partial charge >= 0.3 is 0 Å². The van der Waals surface area contributed by atoms with Crippen LogP contribution in [0.5, 0.6) is 5.75 Å². The van der Waals surface area contributed by atoms with Crippen molar-refractivity contribution in [1.29, 1.82) is 0 Å². The van der Waals surface area contributed by atoms with Gasteiger partial charge in [-0.2, -0.15) is 0 Å². The van der Waals surface area contributed by atoms with Crippen molar-refractivity contribution in [3.63, 3.8) is 0 Å². The number of nitrogens with one attached hydrogen (secondary N) is 1. The summed E-state index contributed by atoms with van der Waals surface area (Å²) in [6, 6.07) is 9.54. The molecule has 1 amide bonds. The van der Waals surface area contributed by atoms with Gasteiger partial charge in [-0.1, -0.05) is 19.1 Å². The van der Waals surface area contributed by atoms with Gasteiger partial charge in [0.25, 0.3) is 5.91 Å². The van der Waals surface area contributed by atoms with Crippen LogP contribution >= 0.6 is 0 Å². The number of carbonyl (C=O) groups excluding carboxylic acids is 1. The summed E-state index contributed by atoms with van der Waals surface area (Å²) >= 11 is 0. The first-order chi connectivity index (χ1) is 12.6. The van der Waals surface area contributed by atoms with E-state index < -0.39 is 11.9 Å². The Morgan fingerprint density at radius 3 is 2.69 bits per heavy atom. The highest BCUT2D eigenvalue weighted by molar-refractivity contribution is 5.94. The average molecular weight is 354 g/mol. The monoisotopic (exact) mass is 354 g/mol. The Morgan fingerprint density at radius 1 is 1.27 bits per heavy atom. The van der Waals surface area contributed by atoms with Gasteiger partial charge in [0.15, 0.2) is 17.7 Å². The summed E-state index contributed by atoms with van der Waals surface area (Å²) < 4.78 is 21.1. The van der Waals surface area contributed by atoms with Crippen molar-refractivity contribution in [3.8, 4) is 11.6 Å². The van der Waals surface area contributed by atoms with Crippen LogP contribution < -0.4 is 10.1 Å². The zero-order chi connectivity index (χ0) is 18.5. The maximum Gasteiger partial charge on any atom is 0.265 e. The van der Waals surface area contributed by atoms with Crippen molar-refractivity contribution in [3.05, 3.63) is 66.6 Å². The normalized spacial score (nSPS) is 11.8. The van der Waals surface area contributed by atoms with Crippen molar-refractivity contribution in [2.45, 2.75) is 26.4 Å². The van der Waals surface area contributed by atoms with Crippen LogP contribution in [-0.2, 0) is 4.79 Å². The maximum absolute atomic E-state index is 13.7. The number of imidazole rings is 1. The number of halogens is 1. The quantitative estimate of drug-likeness (QED) is 0.735. The van der Waals surface area contributed by atoms with Gasteiger partial charge in [-0.3, -0.25) is 9.36 Å². The number of ether oxygens (including phenoxy) is 1. The molecule has 2 heterocycles. The minimum Gasteiger partial charge on any atom is -0.478 e. The second kappa shape index (κ2) is 7.77. The van der Waals surface area contributed by atoms with E-state index in [2.05, 4.69) is 15.3 Å². The average Bonchev–Trinajstić information content (AvgIpc) is 3.07. The molecule has 6 nitrogen and oxygen atoms in total. The first-order valence-corrected chi connectivity index (χ1v) is 8.27. The Kier molecular flexibility index (Phi) is 5.26. The van der Waals surface area contributed by atoms with Gasteiger partial charge in [-0.15, -0.1) is 0 Å². The molecule has 0 aliphatic carbocycles. The Balaban J connectivity index is 1.68. The molecule has 0 aliphatic heterocycles. The van der Waals surface area contributed by atoms with Crippen molar-refractivity contribution in [2.24, 2.45) is 0 Å². The fourth-order valence-electron chi connectivity index (χ4n) is 2.46. The number of pyridine rings is 1. The number of benzene rings is 1. The van der Waals surface area contributed by atoms with Crippen molar-refractivity contribution >= 4 is 11.6 Å². The lowest BCUT2D eigenvalue weighted by molar-refractivity contribution is -0.122. The summed E-state index contributed by atoms with van der Waals surface area (Å²) in [6.45, 7) is 3.68. The number of nitrogens with zero attached hydrogens (tertiary/aromatic N) is 3. The molecule has 1 aromatic carbocycles. The molecule has 26 heavy (non-hydrogen) atoms. The van der Waals surface area contributed by atoms with Gasteiger partial charge in [0.05, 0.1) is 11.9 Å². The molecule has 0 unspecified atom stereocenters. The molecular formula is C19H19FN4O2. The van der Waals surface area contributed by atoms with Gasteiger partial charge < -0.3 is 10.1 Å². The Hall–Kier alpha value is -3.22. The third-order valence-corrected chi connectivity index (χ3v) is 3.86. The van der Waals surface area contributed by atoms with Crippen LogP contribution in [0.25, 0.3) is 5.82 Å². The molecule has 134 valence electrons. The minimum atomic E-state index is -0.803. The van der Waals surface area contributed by atoms with E-state index in [9.17, 15) is 9.18 Å². The smallest absolute Gasteiger partial charge is 0.265 e. The zero-order valence-electron chi connectivity index (χ0n) is 14.5. The van der Waals surface area contributed by atoms with E-state index in [4.69, 9.17) is 4.74 Å². The van der Waals surface area contributed by atoms with Gasteiger partial charge in [0, 0.05) is 12.4 Å². The number of hydrogen-bond donors (Lipinski definition) is 1. The Labute approximate surface area is 150 Å². The Morgan fingerprint density at radius 2 is 2.08 bits per heavy atom. The summed E-state index contributed by atoms with van der Waals surface area (Å²) in [6.07, 6.45) is 4.66. The molecular weight excluding hydrogens is 335 g/mol. The van der Waals surface area contributed by atoms with E-state index in [-0.39, 0.29) is 11.7 Å². The summed E-state index contributed by atoms with van der Waals surface area (Å²) in [5.74, 6) is 0.717. The molecule has 3 rings (SSSR count). The van der Waals surface area contributed by atoms with E-state index in [0.717, 1.165) is 5.82 Å². The van der Waals surface area contributed by atoms with Gasteiger partial charge in [0.1, 0.15) is 11.6 Å². The third-order valence-electron chi connectivity index (χ3n) is 3.86. The van der Waals surface area contributed by atoms with Crippen molar-refractivity contribution in [2.75, 3.05) is 5.32 Å².